The van der Waals surface area contributed by atoms with E-state index in [-0.39, 0.29) is 6.79 Å². The maximum absolute atomic E-state index is 12.5. The largest absolute Gasteiger partial charge is 0.454 e. The average molecular weight is 384 g/mol. The van der Waals surface area contributed by atoms with Gasteiger partial charge in [-0.05, 0) is 37.6 Å². The van der Waals surface area contributed by atoms with Crippen molar-refractivity contribution in [2.45, 2.75) is 32.8 Å². The number of benzene rings is 2. The van der Waals surface area contributed by atoms with Crippen LogP contribution in [0.3, 0.4) is 0 Å². The van der Waals surface area contributed by atoms with Crippen molar-refractivity contribution in [1.29, 1.82) is 0 Å². The van der Waals surface area contributed by atoms with Gasteiger partial charge in [-0.2, -0.15) is 0 Å². The molecule has 0 fully saturated rings. The zero-order chi connectivity index (χ0) is 19.9. The van der Waals surface area contributed by atoms with Gasteiger partial charge in [-0.25, -0.2) is 4.79 Å². The van der Waals surface area contributed by atoms with Crippen molar-refractivity contribution in [3.05, 3.63) is 48.0 Å². The fourth-order valence-corrected chi connectivity index (χ4v) is 2.71. The topological polar surface area (TPSA) is 85.9 Å². The summed E-state index contributed by atoms with van der Waals surface area (Å²) in [5, 5.41) is 5.95. The van der Waals surface area contributed by atoms with E-state index in [4.69, 9.17) is 14.2 Å². The summed E-state index contributed by atoms with van der Waals surface area (Å²) >= 11 is 0. The minimum absolute atomic E-state index is 0.159. The first-order valence-corrected chi connectivity index (χ1v) is 9.33. The van der Waals surface area contributed by atoms with Crippen molar-refractivity contribution in [1.82, 2.24) is 0 Å². The van der Waals surface area contributed by atoms with Crippen molar-refractivity contribution < 1.29 is 23.8 Å². The van der Waals surface area contributed by atoms with Gasteiger partial charge in [-0.1, -0.05) is 25.5 Å². The first kappa shape index (κ1) is 19.5. The van der Waals surface area contributed by atoms with Crippen LogP contribution in [0.5, 0.6) is 11.5 Å². The minimum atomic E-state index is -0.957. The molecule has 2 aromatic carbocycles. The quantitative estimate of drug-likeness (QED) is 0.532. The Hall–Kier alpha value is -3.22. The van der Waals surface area contributed by atoms with E-state index in [1.807, 2.05) is 12.1 Å². The number of hydrogen-bond donors (Lipinski definition) is 2. The van der Waals surface area contributed by atoms with Crippen LogP contribution in [-0.4, -0.2) is 31.3 Å². The molecule has 7 nitrogen and oxygen atoms in total. The molecule has 0 radical (unpaired) electrons. The highest BCUT2D eigenvalue weighted by molar-refractivity contribution is 5.99. The molecule has 0 unspecified atom stereocenters. The number of para-hydroxylation sites is 1. The van der Waals surface area contributed by atoms with E-state index in [9.17, 15) is 9.59 Å². The van der Waals surface area contributed by atoms with Crippen molar-refractivity contribution in [3.63, 3.8) is 0 Å². The van der Waals surface area contributed by atoms with Crippen molar-refractivity contribution in [2.24, 2.45) is 0 Å². The molecule has 0 saturated heterocycles. The summed E-state index contributed by atoms with van der Waals surface area (Å²) < 4.78 is 15.9. The van der Waals surface area contributed by atoms with Crippen LogP contribution in [-0.2, 0) is 9.53 Å². The molecule has 1 atom stereocenters. The van der Waals surface area contributed by atoms with Crippen molar-refractivity contribution in [2.75, 3.05) is 24.0 Å². The van der Waals surface area contributed by atoms with Gasteiger partial charge in [0.1, 0.15) is 0 Å². The summed E-state index contributed by atoms with van der Waals surface area (Å²) in [4.78, 5) is 24.9. The number of esters is 1. The molecule has 0 saturated carbocycles. The Morgan fingerprint density at radius 1 is 1.14 bits per heavy atom. The molecule has 1 amide bonds. The maximum Gasteiger partial charge on any atom is 0.341 e. The molecule has 3 rings (SSSR count). The van der Waals surface area contributed by atoms with E-state index in [1.54, 1.807) is 30.3 Å². The number of carbonyl (C=O) groups is 2. The summed E-state index contributed by atoms with van der Waals surface area (Å²) in [6.45, 7) is 4.56. The highest BCUT2D eigenvalue weighted by atomic mass is 16.7. The van der Waals surface area contributed by atoms with Crippen LogP contribution >= 0.6 is 0 Å². The second-order valence-electron chi connectivity index (χ2n) is 6.43. The molecule has 1 aliphatic rings. The summed E-state index contributed by atoms with van der Waals surface area (Å²) in [6.07, 6.45) is 1.09. The average Bonchev–Trinajstić information content (AvgIpc) is 3.16. The van der Waals surface area contributed by atoms with Gasteiger partial charge >= 0.3 is 5.97 Å². The molecule has 0 aliphatic carbocycles. The summed E-state index contributed by atoms with van der Waals surface area (Å²) in [5.74, 6) is 0.218. The molecule has 2 N–H and O–H groups in total. The Morgan fingerprint density at radius 2 is 1.93 bits per heavy atom. The van der Waals surface area contributed by atoms with Gasteiger partial charge in [-0.15, -0.1) is 0 Å². The molecule has 7 heteroatoms. The lowest BCUT2D eigenvalue weighted by Gasteiger charge is -2.16. The number of fused-ring (bicyclic) bond motifs is 1. The smallest absolute Gasteiger partial charge is 0.341 e. The molecule has 2 aromatic rings. The van der Waals surface area contributed by atoms with E-state index in [0.717, 1.165) is 19.4 Å². The fraction of sp³-hybridized carbons (Fsp3) is 0.333. The lowest BCUT2D eigenvalue weighted by atomic mass is 10.1. The van der Waals surface area contributed by atoms with Crippen molar-refractivity contribution in [3.8, 4) is 11.5 Å². The zero-order valence-corrected chi connectivity index (χ0v) is 16.0. The SMILES string of the molecule is CCCCNc1ccccc1C(=O)O[C@H](C)C(=O)Nc1ccc2c(c1)OCO2. The molecular weight excluding hydrogens is 360 g/mol. The first-order valence-electron chi connectivity index (χ1n) is 9.33. The van der Waals surface area contributed by atoms with Gasteiger partial charge in [-0.3, -0.25) is 4.79 Å². The number of nitrogens with one attached hydrogen (secondary N) is 2. The standard InChI is InChI=1S/C21H24N2O5/c1-3-4-11-22-17-8-6-5-7-16(17)21(25)28-14(2)20(24)23-15-9-10-18-19(12-15)27-13-26-18/h5-10,12,14,22H,3-4,11,13H2,1-2H3,(H,23,24)/t14-/m1/s1. The van der Waals surface area contributed by atoms with Crippen LogP contribution in [0.4, 0.5) is 11.4 Å². The van der Waals surface area contributed by atoms with Crippen LogP contribution in [0.1, 0.15) is 37.0 Å². The van der Waals surface area contributed by atoms with E-state index in [2.05, 4.69) is 17.6 Å². The predicted molar refractivity (Wildman–Crippen MR) is 106 cm³/mol. The Labute approximate surface area is 164 Å². The second kappa shape index (κ2) is 9.12. The number of carbonyl (C=O) groups excluding carboxylic acids is 2. The summed E-state index contributed by atoms with van der Waals surface area (Å²) in [5.41, 5.74) is 1.64. The number of rotatable bonds is 8. The molecule has 0 aromatic heterocycles. The predicted octanol–water partition coefficient (Wildman–Crippen LogP) is 3.81. The van der Waals surface area contributed by atoms with Crippen LogP contribution in [0.25, 0.3) is 0 Å². The lowest BCUT2D eigenvalue weighted by Crippen LogP contribution is -2.30. The van der Waals surface area contributed by atoms with Gasteiger partial charge in [0.25, 0.3) is 5.91 Å². The highest BCUT2D eigenvalue weighted by Crippen LogP contribution is 2.34. The van der Waals surface area contributed by atoms with Gasteiger partial charge in [0, 0.05) is 24.0 Å². The molecular formula is C21H24N2O5. The molecule has 1 aliphatic heterocycles. The highest BCUT2D eigenvalue weighted by Gasteiger charge is 2.22. The van der Waals surface area contributed by atoms with Crippen LogP contribution < -0.4 is 20.1 Å². The number of ether oxygens (including phenoxy) is 3. The second-order valence-corrected chi connectivity index (χ2v) is 6.43. The summed E-state index contributed by atoms with van der Waals surface area (Å²) in [6, 6.07) is 12.2. The molecule has 1 heterocycles. The fourth-order valence-electron chi connectivity index (χ4n) is 2.71. The van der Waals surface area contributed by atoms with E-state index in [1.165, 1.54) is 6.92 Å². The zero-order valence-electron chi connectivity index (χ0n) is 16.0. The maximum atomic E-state index is 12.5. The molecule has 148 valence electrons. The number of anilines is 2. The number of amides is 1. The Morgan fingerprint density at radius 3 is 2.75 bits per heavy atom. The molecule has 0 spiro atoms. The van der Waals surface area contributed by atoms with Crippen LogP contribution in [0.15, 0.2) is 42.5 Å². The van der Waals surface area contributed by atoms with Gasteiger partial charge in [0.2, 0.25) is 6.79 Å². The third-order valence-electron chi connectivity index (χ3n) is 4.29. The molecule has 0 bridgehead atoms. The number of hydrogen-bond acceptors (Lipinski definition) is 6. The third-order valence-corrected chi connectivity index (χ3v) is 4.29. The first-order chi connectivity index (χ1) is 13.6. The lowest BCUT2D eigenvalue weighted by molar-refractivity contribution is -0.123. The van der Waals surface area contributed by atoms with E-state index < -0.39 is 18.0 Å². The van der Waals surface area contributed by atoms with E-state index >= 15 is 0 Å². The Balaban J connectivity index is 1.60. The number of unbranched alkanes of at least 4 members (excludes halogenated alkanes) is 1. The van der Waals surface area contributed by atoms with Crippen LogP contribution in [0, 0.1) is 0 Å². The van der Waals surface area contributed by atoms with Crippen LogP contribution in [0.2, 0.25) is 0 Å². The summed E-state index contributed by atoms with van der Waals surface area (Å²) in [7, 11) is 0. The van der Waals surface area contributed by atoms with Gasteiger partial charge in [0.15, 0.2) is 17.6 Å². The van der Waals surface area contributed by atoms with Crippen molar-refractivity contribution >= 4 is 23.3 Å². The third kappa shape index (κ3) is 4.73. The monoisotopic (exact) mass is 384 g/mol. The normalized spacial score (nSPS) is 12.9. The Kier molecular flexibility index (Phi) is 6.37. The van der Waals surface area contributed by atoms with Gasteiger partial charge in [0.05, 0.1) is 5.56 Å². The van der Waals surface area contributed by atoms with Gasteiger partial charge < -0.3 is 24.8 Å². The van der Waals surface area contributed by atoms with E-state index in [0.29, 0.717) is 28.4 Å². The Bertz CT molecular complexity index is 852. The molecule has 28 heavy (non-hydrogen) atoms. The minimum Gasteiger partial charge on any atom is -0.454 e.